The molecule has 114 valence electrons. The molecule has 22 heavy (non-hydrogen) atoms. The molecule has 0 atom stereocenters. The molecule has 2 nitrogen and oxygen atoms in total. The second kappa shape index (κ2) is 6.35. The van der Waals surface area contributed by atoms with Gasteiger partial charge in [0.1, 0.15) is 0 Å². The molecule has 0 amide bonds. The van der Waals surface area contributed by atoms with E-state index >= 15 is 0 Å². The van der Waals surface area contributed by atoms with Gasteiger partial charge in [-0.25, -0.2) is 0 Å². The monoisotopic (exact) mass is 292 g/mol. The lowest BCUT2D eigenvalue weighted by Crippen LogP contribution is -2.17. The molecule has 1 saturated heterocycles. The number of nitrogens with zero attached hydrogens (tertiary/aromatic N) is 2. The molecule has 0 bridgehead atoms. The van der Waals surface area contributed by atoms with Gasteiger partial charge in [-0.15, -0.1) is 0 Å². The molecule has 0 spiro atoms. The van der Waals surface area contributed by atoms with E-state index in [0.717, 1.165) is 5.69 Å². The number of aryl methyl sites for hydroxylation is 3. The summed E-state index contributed by atoms with van der Waals surface area (Å²) in [7, 11) is 0. The van der Waals surface area contributed by atoms with Crippen LogP contribution in [-0.2, 0) is 0 Å². The van der Waals surface area contributed by atoms with Crippen LogP contribution in [0.15, 0.2) is 41.4 Å². The van der Waals surface area contributed by atoms with E-state index < -0.39 is 0 Å². The molecule has 0 unspecified atom stereocenters. The number of rotatable bonds is 3. The molecule has 0 radical (unpaired) electrons. The zero-order valence-electron chi connectivity index (χ0n) is 13.8. The Hall–Kier alpha value is -2.09. The Morgan fingerprint density at radius 1 is 0.909 bits per heavy atom. The van der Waals surface area contributed by atoms with E-state index in [0.29, 0.717) is 0 Å². The average molecular weight is 292 g/mol. The number of hydrogen-bond acceptors (Lipinski definition) is 2. The van der Waals surface area contributed by atoms with E-state index in [9.17, 15) is 0 Å². The van der Waals surface area contributed by atoms with Crippen LogP contribution in [0, 0.1) is 20.8 Å². The number of aliphatic imine (C=N–C) groups is 1. The van der Waals surface area contributed by atoms with E-state index in [1.54, 1.807) is 0 Å². The van der Waals surface area contributed by atoms with Crippen LogP contribution in [0.1, 0.15) is 35.1 Å². The number of anilines is 1. The maximum atomic E-state index is 4.67. The van der Waals surface area contributed by atoms with E-state index in [4.69, 9.17) is 0 Å². The molecule has 0 N–H and O–H groups in total. The van der Waals surface area contributed by atoms with Crippen LogP contribution >= 0.6 is 0 Å². The van der Waals surface area contributed by atoms with Gasteiger partial charge in [0, 0.05) is 25.0 Å². The zero-order valence-corrected chi connectivity index (χ0v) is 13.8. The highest BCUT2D eigenvalue weighted by Crippen LogP contribution is 2.23. The summed E-state index contributed by atoms with van der Waals surface area (Å²) in [5.74, 6) is 0. The summed E-state index contributed by atoms with van der Waals surface area (Å²) < 4.78 is 0. The largest absolute Gasteiger partial charge is 0.372 e. The lowest BCUT2D eigenvalue weighted by Gasteiger charge is -2.18. The Bertz CT molecular complexity index is 695. The Morgan fingerprint density at radius 2 is 1.68 bits per heavy atom. The normalized spacial score (nSPS) is 15.0. The average Bonchev–Trinajstić information content (AvgIpc) is 3.02. The fourth-order valence-corrected chi connectivity index (χ4v) is 3.07. The van der Waals surface area contributed by atoms with Crippen molar-refractivity contribution in [3.63, 3.8) is 0 Å². The highest BCUT2D eigenvalue weighted by Gasteiger charge is 2.12. The number of hydrogen-bond donors (Lipinski definition) is 0. The van der Waals surface area contributed by atoms with E-state index in [1.165, 1.54) is 53.9 Å². The third-order valence-corrected chi connectivity index (χ3v) is 4.42. The highest BCUT2D eigenvalue weighted by atomic mass is 15.1. The van der Waals surface area contributed by atoms with Crippen LogP contribution in [0.4, 0.5) is 11.4 Å². The first-order valence-electron chi connectivity index (χ1n) is 8.10. The molecular formula is C20H24N2. The van der Waals surface area contributed by atoms with Crippen LogP contribution in [0.3, 0.4) is 0 Å². The van der Waals surface area contributed by atoms with Gasteiger partial charge >= 0.3 is 0 Å². The van der Waals surface area contributed by atoms with Gasteiger partial charge < -0.3 is 4.90 Å². The third kappa shape index (κ3) is 3.22. The molecule has 0 aromatic heterocycles. The standard InChI is InChI=1S/C20H24N2/c1-15-6-9-20(17(3)12-15)21-14-18-7-8-19(13-16(18)2)22-10-4-5-11-22/h6-9,12-14H,4-5,10-11H2,1-3H3. The van der Waals surface area contributed by atoms with Crippen LogP contribution in [0.25, 0.3) is 0 Å². The molecule has 1 fully saturated rings. The first kappa shape index (κ1) is 14.8. The van der Waals surface area contributed by atoms with Gasteiger partial charge in [0.25, 0.3) is 0 Å². The minimum atomic E-state index is 1.05. The molecular weight excluding hydrogens is 268 g/mol. The maximum absolute atomic E-state index is 4.67. The highest BCUT2D eigenvalue weighted by molar-refractivity contribution is 5.85. The van der Waals surface area contributed by atoms with Crippen molar-refractivity contribution < 1.29 is 0 Å². The van der Waals surface area contributed by atoms with Crippen molar-refractivity contribution in [3.05, 3.63) is 58.7 Å². The van der Waals surface area contributed by atoms with Crippen LogP contribution < -0.4 is 4.90 Å². The molecule has 0 saturated carbocycles. The molecule has 1 heterocycles. The SMILES string of the molecule is Cc1ccc(N=Cc2ccc(N3CCCC3)cc2C)c(C)c1. The van der Waals surface area contributed by atoms with Crippen molar-refractivity contribution in [3.8, 4) is 0 Å². The van der Waals surface area contributed by atoms with Crippen LogP contribution in [-0.4, -0.2) is 19.3 Å². The van der Waals surface area contributed by atoms with Crippen molar-refractivity contribution >= 4 is 17.6 Å². The maximum Gasteiger partial charge on any atom is 0.0659 e. The van der Waals surface area contributed by atoms with Crippen molar-refractivity contribution in [1.29, 1.82) is 0 Å². The second-order valence-electron chi connectivity index (χ2n) is 6.28. The summed E-state index contributed by atoms with van der Waals surface area (Å²) in [6, 6.07) is 13.1. The van der Waals surface area contributed by atoms with Gasteiger partial charge in [0.05, 0.1) is 5.69 Å². The minimum absolute atomic E-state index is 1.05. The molecule has 0 aliphatic carbocycles. The fraction of sp³-hybridized carbons (Fsp3) is 0.350. The summed E-state index contributed by atoms with van der Waals surface area (Å²) in [6.07, 6.45) is 4.62. The minimum Gasteiger partial charge on any atom is -0.372 e. The summed E-state index contributed by atoms with van der Waals surface area (Å²) in [5, 5.41) is 0. The predicted octanol–water partition coefficient (Wildman–Crippen LogP) is 4.96. The molecule has 1 aliphatic heterocycles. The number of benzene rings is 2. The van der Waals surface area contributed by atoms with Gasteiger partial charge in [0.2, 0.25) is 0 Å². The smallest absolute Gasteiger partial charge is 0.0659 e. The van der Waals surface area contributed by atoms with Crippen molar-refractivity contribution in [2.45, 2.75) is 33.6 Å². The van der Waals surface area contributed by atoms with E-state index in [1.807, 2.05) is 6.21 Å². The van der Waals surface area contributed by atoms with Gasteiger partial charge in [-0.2, -0.15) is 0 Å². The Kier molecular flexibility index (Phi) is 4.28. The van der Waals surface area contributed by atoms with Crippen molar-refractivity contribution in [2.75, 3.05) is 18.0 Å². The van der Waals surface area contributed by atoms with Crippen LogP contribution in [0.2, 0.25) is 0 Å². The fourth-order valence-electron chi connectivity index (χ4n) is 3.07. The molecule has 1 aliphatic rings. The molecule has 2 aromatic rings. The topological polar surface area (TPSA) is 15.6 Å². The molecule has 3 rings (SSSR count). The predicted molar refractivity (Wildman–Crippen MR) is 95.8 cm³/mol. The van der Waals surface area contributed by atoms with Crippen molar-refractivity contribution in [1.82, 2.24) is 0 Å². The van der Waals surface area contributed by atoms with Gasteiger partial charge in [-0.05, 0) is 68.5 Å². The van der Waals surface area contributed by atoms with Gasteiger partial charge in [0.15, 0.2) is 0 Å². The van der Waals surface area contributed by atoms with E-state index in [2.05, 4.69) is 67.1 Å². The Balaban J connectivity index is 1.81. The summed E-state index contributed by atoms with van der Waals surface area (Å²) >= 11 is 0. The first-order valence-corrected chi connectivity index (χ1v) is 8.10. The summed E-state index contributed by atoms with van der Waals surface area (Å²) in [5.41, 5.74) is 7.39. The quantitative estimate of drug-likeness (QED) is 0.730. The van der Waals surface area contributed by atoms with E-state index in [-0.39, 0.29) is 0 Å². The second-order valence-corrected chi connectivity index (χ2v) is 6.28. The summed E-state index contributed by atoms with van der Waals surface area (Å²) in [6.45, 7) is 8.78. The molecule has 2 aromatic carbocycles. The third-order valence-electron chi connectivity index (χ3n) is 4.42. The zero-order chi connectivity index (χ0) is 15.5. The Labute approximate surface area is 133 Å². The van der Waals surface area contributed by atoms with Gasteiger partial charge in [-0.3, -0.25) is 4.99 Å². The van der Waals surface area contributed by atoms with Crippen LogP contribution in [0.5, 0.6) is 0 Å². The lowest BCUT2D eigenvalue weighted by molar-refractivity contribution is 0.949. The molecule has 2 heteroatoms. The lowest BCUT2D eigenvalue weighted by atomic mass is 10.1. The van der Waals surface area contributed by atoms with Gasteiger partial charge in [-0.1, -0.05) is 23.8 Å². The first-order chi connectivity index (χ1) is 10.6. The van der Waals surface area contributed by atoms with Crippen molar-refractivity contribution in [2.24, 2.45) is 4.99 Å². The summed E-state index contributed by atoms with van der Waals surface area (Å²) in [4.78, 5) is 7.14. The Morgan fingerprint density at radius 3 is 2.36 bits per heavy atom.